The van der Waals surface area contributed by atoms with Gasteiger partial charge >= 0.3 is 0 Å². The zero-order chi connectivity index (χ0) is 15.1. The summed E-state index contributed by atoms with van der Waals surface area (Å²) in [7, 11) is 1.69. The molecule has 112 valence electrons. The summed E-state index contributed by atoms with van der Waals surface area (Å²) in [4.78, 5) is 2.48. The molecule has 2 aromatic carbocycles. The molecule has 0 radical (unpaired) electrons. The van der Waals surface area contributed by atoms with Crippen molar-refractivity contribution < 1.29 is 4.74 Å². The van der Waals surface area contributed by atoms with E-state index in [0.29, 0.717) is 6.04 Å². The molecular weight excluding hydrogens is 278 g/mol. The minimum atomic E-state index is 0.454. The highest BCUT2D eigenvalue weighted by Gasteiger charge is 2.07. The van der Waals surface area contributed by atoms with Crippen LogP contribution in [0.2, 0.25) is 0 Å². The van der Waals surface area contributed by atoms with Gasteiger partial charge in [0.15, 0.2) is 0 Å². The Balaban J connectivity index is 2.04. The molecule has 1 unspecified atom stereocenters. The summed E-state index contributed by atoms with van der Waals surface area (Å²) in [6.45, 7) is 5.37. The fraction of sp³-hybridized carbons (Fsp3) is 0.333. The fourth-order valence-electron chi connectivity index (χ4n) is 2.29. The summed E-state index contributed by atoms with van der Waals surface area (Å²) in [5.74, 6) is 0.895. The van der Waals surface area contributed by atoms with Gasteiger partial charge in [-0.2, -0.15) is 0 Å². The zero-order valence-corrected chi connectivity index (χ0v) is 13.7. The number of hydrogen-bond donors (Lipinski definition) is 1. The average Bonchev–Trinajstić information content (AvgIpc) is 2.54. The van der Waals surface area contributed by atoms with Crippen molar-refractivity contribution in [3.8, 4) is 5.75 Å². The molecule has 2 rings (SSSR count). The lowest BCUT2D eigenvalue weighted by atomic mass is 10.1. The van der Waals surface area contributed by atoms with Gasteiger partial charge < -0.3 is 10.1 Å². The second-order valence-corrected chi connectivity index (χ2v) is 6.01. The monoisotopic (exact) mass is 301 g/mol. The van der Waals surface area contributed by atoms with E-state index in [1.807, 2.05) is 12.1 Å². The Labute approximate surface area is 131 Å². The van der Waals surface area contributed by atoms with E-state index >= 15 is 0 Å². The van der Waals surface area contributed by atoms with E-state index in [4.69, 9.17) is 4.74 Å². The predicted octanol–water partition coefficient (Wildman–Crippen LogP) is 4.91. The zero-order valence-electron chi connectivity index (χ0n) is 12.9. The molecule has 0 aromatic heterocycles. The lowest BCUT2D eigenvalue weighted by Crippen LogP contribution is -2.19. The first kappa shape index (κ1) is 15.9. The summed E-state index contributed by atoms with van der Waals surface area (Å²) < 4.78 is 5.18. The van der Waals surface area contributed by atoms with Crippen molar-refractivity contribution in [3.63, 3.8) is 0 Å². The van der Waals surface area contributed by atoms with Crippen LogP contribution in [-0.4, -0.2) is 13.7 Å². The standard InChI is InChI=1S/C18H23NOS/c1-4-18(19-5-2)14-6-10-16(11-7-14)21-17-12-8-15(20-3)9-13-17/h6-13,18-19H,4-5H2,1-3H3. The number of rotatable bonds is 7. The smallest absolute Gasteiger partial charge is 0.118 e. The first-order chi connectivity index (χ1) is 10.3. The molecule has 21 heavy (non-hydrogen) atoms. The molecule has 2 aromatic rings. The van der Waals surface area contributed by atoms with Crippen LogP contribution in [0.4, 0.5) is 0 Å². The van der Waals surface area contributed by atoms with Crippen LogP contribution in [-0.2, 0) is 0 Å². The minimum Gasteiger partial charge on any atom is -0.497 e. The van der Waals surface area contributed by atoms with Crippen LogP contribution in [0.5, 0.6) is 5.75 Å². The summed E-state index contributed by atoms with van der Waals surface area (Å²) in [6.07, 6.45) is 1.11. The summed E-state index contributed by atoms with van der Waals surface area (Å²) in [5.41, 5.74) is 1.36. The Hall–Kier alpha value is -1.45. The molecule has 1 atom stereocenters. The summed E-state index contributed by atoms with van der Waals surface area (Å²) >= 11 is 1.77. The molecule has 2 nitrogen and oxygen atoms in total. The van der Waals surface area contributed by atoms with E-state index in [0.717, 1.165) is 18.7 Å². The van der Waals surface area contributed by atoms with E-state index in [9.17, 15) is 0 Å². The Morgan fingerprint density at radius 1 is 0.952 bits per heavy atom. The van der Waals surface area contributed by atoms with Gasteiger partial charge in [0.25, 0.3) is 0 Å². The molecule has 0 saturated heterocycles. The first-order valence-electron chi connectivity index (χ1n) is 7.42. The van der Waals surface area contributed by atoms with E-state index in [2.05, 4.69) is 55.6 Å². The topological polar surface area (TPSA) is 21.3 Å². The van der Waals surface area contributed by atoms with Gasteiger partial charge in [-0.25, -0.2) is 0 Å². The lowest BCUT2D eigenvalue weighted by Gasteiger charge is -2.16. The number of benzene rings is 2. The van der Waals surface area contributed by atoms with Crippen molar-refractivity contribution in [1.29, 1.82) is 0 Å². The van der Waals surface area contributed by atoms with Gasteiger partial charge in [-0.05, 0) is 54.9 Å². The van der Waals surface area contributed by atoms with Crippen LogP contribution in [0.25, 0.3) is 0 Å². The van der Waals surface area contributed by atoms with Crippen molar-refractivity contribution in [3.05, 3.63) is 54.1 Å². The molecular formula is C18H23NOS. The second kappa shape index (κ2) is 8.11. The molecule has 0 aliphatic rings. The van der Waals surface area contributed by atoms with Gasteiger partial charge in [0.1, 0.15) is 5.75 Å². The van der Waals surface area contributed by atoms with Crippen LogP contribution in [0.15, 0.2) is 58.3 Å². The number of nitrogens with one attached hydrogen (secondary N) is 1. The largest absolute Gasteiger partial charge is 0.497 e. The SMILES string of the molecule is CCNC(CC)c1ccc(Sc2ccc(OC)cc2)cc1. The average molecular weight is 301 g/mol. The van der Waals surface area contributed by atoms with Gasteiger partial charge in [0.2, 0.25) is 0 Å². The molecule has 0 amide bonds. The maximum Gasteiger partial charge on any atom is 0.118 e. The Morgan fingerprint density at radius 3 is 2.00 bits per heavy atom. The Kier molecular flexibility index (Phi) is 6.15. The number of hydrogen-bond acceptors (Lipinski definition) is 3. The Morgan fingerprint density at radius 2 is 1.52 bits per heavy atom. The normalized spacial score (nSPS) is 12.1. The van der Waals surface area contributed by atoms with Crippen molar-refractivity contribution in [2.45, 2.75) is 36.1 Å². The number of methoxy groups -OCH3 is 1. The van der Waals surface area contributed by atoms with Crippen molar-refractivity contribution >= 4 is 11.8 Å². The van der Waals surface area contributed by atoms with Crippen molar-refractivity contribution in [1.82, 2.24) is 5.32 Å². The maximum atomic E-state index is 5.18. The highest BCUT2D eigenvalue weighted by atomic mass is 32.2. The highest BCUT2D eigenvalue weighted by molar-refractivity contribution is 7.99. The third kappa shape index (κ3) is 4.51. The fourth-order valence-corrected chi connectivity index (χ4v) is 3.11. The van der Waals surface area contributed by atoms with Crippen LogP contribution in [0.3, 0.4) is 0 Å². The van der Waals surface area contributed by atoms with Gasteiger partial charge in [0, 0.05) is 15.8 Å². The third-order valence-electron chi connectivity index (χ3n) is 3.44. The molecule has 0 fully saturated rings. The molecule has 0 saturated carbocycles. The Bertz CT molecular complexity index is 536. The third-order valence-corrected chi connectivity index (χ3v) is 4.45. The van der Waals surface area contributed by atoms with Gasteiger partial charge in [-0.15, -0.1) is 0 Å². The van der Waals surface area contributed by atoms with Crippen molar-refractivity contribution in [2.24, 2.45) is 0 Å². The molecule has 0 aliphatic carbocycles. The van der Waals surface area contributed by atoms with E-state index in [1.54, 1.807) is 18.9 Å². The van der Waals surface area contributed by atoms with Crippen LogP contribution in [0, 0.1) is 0 Å². The highest BCUT2D eigenvalue weighted by Crippen LogP contribution is 2.30. The predicted molar refractivity (Wildman–Crippen MR) is 90.3 cm³/mol. The molecule has 0 aliphatic heterocycles. The summed E-state index contributed by atoms with van der Waals surface area (Å²) in [6, 6.07) is 17.5. The van der Waals surface area contributed by atoms with Crippen molar-refractivity contribution in [2.75, 3.05) is 13.7 Å². The number of ether oxygens (including phenoxy) is 1. The quantitative estimate of drug-likeness (QED) is 0.785. The van der Waals surface area contributed by atoms with Crippen LogP contribution < -0.4 is 10.1 Å². The maximum absolute atomic E-state index is 5.18. The molecule has 0 heterocycles. The van der Waals surface area contributed by atoms with Crippen LogP contribution >= 0.6 is 11.8 Å². The van der Waals surface area contributed by atoms with Gasteiger partial charge in [0.05, 0.1) is 7.11 Å². The lowest BCUT2D eigenvalue weighted by molar-refractivity contribution is 0.414. The molecule has 3 heteroatoms. The molecule has 0 spiro atoms. The first-order valence-corrected chi connectivity index (χ1v) is 8.23. The second-order valence-electron chi connectivity index (χ2n) is 4.87. The van der Waals surface area contributed by atoms with E-state index in [-0.39, 0.29) is 0 Å². The summed E-state index contributed by atoms with van der Waals surface area (Å²) in [5, 5.41) is 3.51. The van der Waals surface area contributed by atoms with Gasteiger partial charge in [-0.1, -0.05) is 37.7 Å². The van der Waals surface area contributed by atoms with Gasteiger partial charge in [-0.3, -0.25) is 0 Å². The van der Waals surface area contributed by atoms with Crippen LogP contribution in [0.1, 0.15) is 31.9 Å². The minimum absolute atomic E-state index is 0.454. The molecule has 0 bridgehead atoms. The molecule has 1 N–H and O–H groups in total. The van der Waals surface area contributed by atoms with E-state index < -0.39 is 0 Å². The van der Waals surface area contributed by atoms with E-state index in [1.165, 1.54) is 15.4 Å².